The Labute approximate surface area is 149 Å². The minimum absolute atomic E-state index is 0.174. The van der Waals surface area contributed by atoms with Crippen LogP contribution in [0.5, 0.6) is 5.75 Å². The van der Waals surface area contributed by atoms with Crippen molar-refractivity contribution in [2.75, 3.05) is 18.6 Å². The first kappa shape index (κ1) is 16.1. The molecular weight excluding hydrogens is 332 g/mol. The van der Waals surface area contributed by atoms with Gasteiger partial charge in [-0.25, -0.2) is 19.3 Å². The lowest BCUT2D eigenvalue weighted by Gasteiger charge is -2.27. The maximum absolute atomic E-state index is 12.6. The van der Waals surface area contributed by atoms with Crippen LogP contribution in [0.3, 0.4) is 0 Å². The molecule has 1 aliphatic rings. The second-order valence-electron chi connectivity index (χ2n) is 6.37. The van der Waals surface area contributed by atoms with E-state index in [0.29, 0.717) is 40.7 Å². The Morgan fingerprint density at radius 1 is 1.38 bits per heavy atom. The number of hydrogen-bond donors (Lipinski definition) is 1. The molecule has 0 saturated heterocycles. The van der Waals surface area contributed by atoms with Crippen LogP contribution in [0, 0.1) is 11.3 Å². The van der Waals surface area contributed by atoms with Crippen molar-refractivity contribution >= 4 is 17.0 Å². The number of H-pyrrole nitrogens is 1. The summed E-state index contributed by atoms with van der Waals surface area (Å²) in [5.74, 6) is 1.57. The highest BCUT2D eigenvalue weighted by Crippen LogP contribution is 2.27. The molecule has 4 rings (SSSR count). The van der Waals surface area contributed by atoms with Crippen LogP contribution in [-0.4, -0.2) is 39.2 Å². The van der Waals surface area contributed by atoms with Gasteiger partial charge in [0.2, 0.25) is 0 Å². The number of aromatic nitrogens is 4. The van der Waals surface area contributed by atoms with E-state index < -0.39 is 0 Å². The predicted molar refractivity (Wildman–Crippen MR) is 96.8 cm³/mol. The van der Waals surface area contributed by atoms with Crippen LogP contribution in [0.15, 0.2) is 29.2 Å². The molecule has 1 atom stereocenters. The van der Waals surface area contributed by atoms with Crippen molar-refractivity contribution < 1.29 is 4.74 Å². The van der Waals surface area contributed by atoms with Crippen LogP contribution < -0.4 is 15.3 Å². The van der Waals surface area contributed by atoms with Crippen LogP contribution >= 0.6 is 0 Å². The number of hydrogen-bond acceptors (Lipinski definition) is 6. The van der Waals surface area contributed by atoms with E-state index in [9.17, 15) is 10.1 Å². The minimum Gasteiger partial charge on any atom is -0.491 e. The zero-order chi connectivity index (χ0) is 18.3. The molecule has 2 bridgehead atoms. The van der Waals surface area contributed by atoms with Crippen molar-refractivity contribution in [1.29, 1.82) is 5.26 Å². The van der Waals surface area contributed by atoms with E-state index in [4.69, 9.17) is 4.74 Å². The van der Waals surface area contributed by atoms with E-state index in [1.165, 1.54) is 4.57 Å². The summed E-state index contributed by atoms with van der Waals surface area (Å²) in [4.78, 5) is 26.1. The normalized spacial score (nSPS) is 17.1. The molecule has 0 aromatic carbocycles. The maximum Gasteiger partial charge on any atom is 0.333 e. The zero-order valence-corrected chi connectivity index (χ0v) is 14.6. The summed E-state index contributed by atoms with van der Waals surface area (Å²) in [6, 6.07) is 7.46. The molecule has 8 nitrogen and oxygen atoms in total. The largest absolute Gasteiger partial charge is 0.491 e. The lowest BCUT2D eigenvalue weighted by Crippen LogP contribution is -2.31. The third-order valence-electron chi connectivity index (χ3n) is 4.77. The SMILES string of the molecule is CC1CCCOc2ccnc3[nH]c(=O)n(c23)-c2ccc(C#N)c(n2)N1C. The average Bonchev–Trinajstić information content (AvgIpc) is 2.99. The highest BCUT2D eigenvalue weighted by molar-refractivity contribution is 5.80. The monoisotopic (exact) mass is 350 g/mol. The van der Waals surface area contributed by atoms with E-state index in [0.717, 1.165) is 12.8 Å². The Kier molecular flexibility index (Phi) is 3.84. The molecule has 0 radical (unpaired) electrons. The first-order chi connectivity index (χ1) is 12.6. The van der Waals surface area contributed by atoms with Gasteiger partial charge in [-0.2, -0.15) is 5.26 Å². The van der Waals surface area contributed by atoms with Crippen molar-refractivity contribution in [3.05, 3.63) is 40.4 Å². The molecule has 1 unspecified atom stereocenters. The van der Waals surface area contributed by atoms with Gasteiger partial charge in [0, 0.05) is 25.4 Å². The molecule has 3 aromatic heterocycles. The first-order valence-corrected chi connectivity index (χ1v) is 8.47. The van der Waals surface area contributed by atoms with E-state index in [1.54, 1.807) is 24.4 Å². The third-order valence-corrected chi connectivity index (χ3v) is 4.77. The van der Waals surface area contributed by atoms with Crippen molar-refractivity contribution in [2.24, 2.45) is 0 Å². The maximum atomic E-state index is 12.6. The lowest BCUT2D eigenvalue weighted by molar-refractivity contribution is 0.304. The molecule has 0 spiro atoms. The Hall–Kier alpha value is -3.34. The van der Waals surface area contributed by atoms with E-state index >= 15 is 0 Å². The molecular formula is C18H18N6O2. The first-order valence-electron chi connectivity index (χ1n) is 8.47. The van der Waals surface area contributed by atoms with Crippen molar-refractivity contribution in [1.82, 2.24) is 19.5 Å². The Bertz CT molecular complexity index is 1080. The van der Waals surface area contributed by atoms with Crippen LogP contribution in [0.2, 0.25) is 0 Å². The Morgan fingerprint density at radius 2 is 2.23 bits per heavy atom. The number of anilines is 1. The third kappa shape index (κ3) is 2.49. The molecule has 3 aromatic rings. The number of pyridine rings is 2. The van der Waals surface area contributed by atoms with Crippen LogP contribution in [0.4, 0.5) is 5.82 Å². The molecule has 0 aliphatic carbocycles. The van der Waals surface area contributed by atoms with Crippen molar-refractivity contribution in [3.8, 4) is 17.6 Å². The summed E-state index contributed by atoms with van der Waals surface area (Å²) in [6.45, 7) is 2.61. The summed E-state index contributed by atoms with van der Waals surface area (Å²) in [6.07, 6.45) is 3.34. The number of nitrogens with zero attached hydrogens (tertiary/aromatic N) is 5. The van der Waals surface area contributed by atoms with E-state index in [-0.39, 0.29) is 11.7 Å². The summed E-state index contributed by atoms with van der Waals surface area (Å²) in [5.41, 5.74) is 1.12. The molecule has 8 heteroatoms. The number of imidazole rings is 1. The smallest absolute Gasteiger partial charge is 0.333 e. The molecule has 26 heavy (non-hydrogen) atoms. The minimum atomic E-state index is -0.348. The number of ether oxygens (including phenoxy) is 1. The van der Waals surface area contributed by atoms with Gasteiger partial charge >= 0.3 is 5.69 Å². The van der Waals surface area contributed by atoms with Crippen molar-refractivity contribution in [2.45, 2.75) is 25.8 Å². The Balaban J connectivity index is 2.04. The second-order valence-corrected chi connectivity index (χ2v) is 6.37. The van der Waals surface area contributed by atoms with Crippen LogP contribution in [0.25, 0.3) is 17.0 Å². The van der Waals surface area contributed by atoms with Gasteiger partial charge in [-0.05, 0) is 31.9 Å². The summed E-state index contributed by atoms with van der Waals surface area (Å²) >= 11 is 0. The highest BCUT2D eigenvalue weighted by Gasteiger charge is 2.21. The van der Waals surface area contributed by atoms with Gasteiger partial charge in [0.05, 0.1) is 12.2 Å². The highest BCUT2D eigenvalue weighted by atomic mass is 16.5. The van der Waals surface area contributed by atoms with Gasteiger partial charge < -0.3 is 9.64 Å². The topological polar surface area (TPSA) is 99.8 Å². The molecule has 4 heterocycles. The standard InChI is InChI=1S/C18H18N6O2/c1-11-4-3-9-26-13-7-8-20-16-15(13)24(18(25)22-16)14-6-5-12(10-19)17(21-14)23(11)2/h5-8,11H,3-4,9H2,1-2H3,(H,20,22,25). The number of nitriles is 1. The summed E-state index contributed by atoms with van der Waals surface area (Å²) in [5, 5.41) is 9.46. The van der Waals surface area contributed by atoms with Gasteiger partial charge in [0.1, 0.15) is 29.0 Å². The zero-order valence-electron chi connectivity index (χ0n) is 14.6. The van der Waals surface area contributed by atoms with E-state index in [1.807, 2.05) is 11.9 Å². The average molecular weight is 350 g/mol. The summed E-state index contributed by atoms with van der Waals surface area (Å²) in [7, 11) is 1.91. The molecule has 132 valence electrons. The van der Waals surface area contributed by atoms with Gasteiger partial charge in [0.15, 0.2) is 5.65 Å². The number of rotatable bonds is 0. The van der Waals surface area contributed by atoms with E-state index in [2.05, 4.69) is 27.9 Å². The fourth-order valence-corrected chi connectivity index (χ4v) is 3.22. The van der Waals surface area contributed by atoms with Gasteiger partial charge in [-0.1, -0.05) is 0 Å². The lowest BCUT2D eigenvalue weighted by atomic mass is 10.1. The number of aromatic amines is 1. The number of nitrogens with one attached hydrogen (secondary N) is 1. The van der Waals surface area contributed by atoms with Crippen molar-refractivity contribution in [3.63, 3.8) is 0 Å². The summed E-state index contributed by atoms with van der Waals surface area (Å²) < 4.78 is 7.37. The van der Waals surface area contributed by atoms with Gasteiger partial charge in [-0.3, -0.25) is 4.98 Å². The fraction of sp³-hybridized carbons (Fsp3) is 0.333. The second kappa shape index (κ2) is 6.19. The van der Waals surface area contributed by atoms with Crippen LogP contribution in [0.1, 0.15) is 25.3 Å². The quantitative estimate of drug-likeness (QED) is 0.665. The Morgan fingerprint density at radius 3 is 3.04 bits per heavy atom. The van der Waals surface area contributed by atoms with Gasteiger partial charge in [0.25, 0.3) is 0 Å². The fourth-order valence-electron chi connectivity index (χ4n) is 3.22. The molecule has 1 aliphatic heterocycles. The predicted octanol–water partition coefficient (Wildman–Crippen LogP) is 1.98. The number of fused-ring (bicyclic) bond motifs is 3. The van der Waals surface area contributed by atoms with Gasteiger partial charge in [-0.15, -0.1) is 0 Å². The molecule has 0 saturated carbocycles. The molecule has 1 N–H and O–H groups in total. The molecule has 0 amide bonds. The van der Waals surface area contributed by atoms with Crippen LogP contribution in [-0.2, 0) is 0 Å². The molecule has 0 fully saturated rings.